The molecule has 10 nitrogen and oxygen atoms in total. The van der Waals surface area contributed by atoms with Gasteiger partial charge in [-0.25, -0.2) is 9.50 Å². The fourth-order valence-corrected chi connectivity index (χ4v) is 4.56. The largest absolute Gasteiger partial charge is 0.401 e. The van der Waals surface area contributed by atoms with E-state index in [0.29, 0.717) is 30.1 Å². The first-order valence-corrected chi connectivity index (χ1v) is 10.7. The summed E-state index contributed by atoms with van der Waals surface area (Å²) in [5.74, 6) is 0.975. The smallest absolute Gasteiger partial charge is 0.319 e. The van der Waals surface area contributed by atoms with Crippen molar-refractivity contribution in [3.8, 4) is 11.6 Å². The van der Waals surface area contributed by atoms with Crippen LogP contribution in [0.4, 0.5) is 6.01 Å². The Morgan fingerprint density at radius 1 is 1.09 bits per heavy atom. The van der Waals surface area contributed by atoms with Crippen molar-refractivity contribution in [1.82, 2.24) is 40.0 Å². The van der Waals surface area contributed by atoms with E-state index < -0.39 is 0 Å². The molecule has 32 heavy (non-hydrogen) atoms. The van der Waals surface area contributed by atoms with E-state index in [2.05, 4.69) is 53.5 Å². The summed E-state index contributed by atoms with van der Waals surface area (Å²) >= 11 is 0. The van der Waals surface area contributed by atoms with Gasteiger partial charge in [0.05, 0.1) is 23.2 Å². The standard InChI is InChI=1S/C22H19N9O/c1-4-16(26-25-8-1)21-27-28-22(32-21)30-10-7-15-19(24-12-23-15)20(30)17-11-18-14(13-5-6-13)3-2-9-31(18)29-17/h1-4,8-9,11-13,20H,5-7,10H2,(H,23,24). The molecule has 7 rings (SSSR count). The molecule has 158 valence electrons. The van der Waals surface area contributed by atoms with Crippen LogP contribution in [0.1, 0.15) is 47.4 Å². The van der Waals surface area contributed by atoms with Gasteiger partial charge < -0.3 is 14.3 Å². The summed E-state index contributed by atoms with van der Waals surface area (Å²) in [4.78, 5) is 9.99. The van der Waals surface area contributed by atoms with Gasteiger partial charge in [0.1, 0.15) is 11.7 Å². The van der Waals surface area contributed by atoms with Crippen molar-refractivity contribution in [3.05, 3.63) is 71.7 Å². The van der Waals surface area contributed by atoms with Crippen LogP contribution >= 0.6 is 0 Å². The molecule has 10 heteroatoms. The number of hydrogen-bond acceptors (Lipinski definition) is 8. The first kappa shape index (κ1) is 17.6. The number of pyridine rings is 1. The van der Waals surface area contributed by atoms with E-state index >= 15 is 0 Å². The Hall–Kier alpha value is -4.08. The van der Waals surface area contributed by atoms with Gasteiger partial charge in [-0.3, -0.25) is 0 Å². The zero-order valence-electron chi connectivity index (χ0n) is 17.1. The van der Waals surface area contributed by atoms with Crippen LogP contribution in [0.25, 0.3) is 17.1 Å². The van der Waals surface area contributed by atoms with E-state index in [1.807, 2.05) is 10.7 Å². The van der Waals surface area contributed by atoms with Gasteiger partial charge in [-0.05, 0) is 48.6 Å². The maximum Gasteiger partial charge on any atom is 0.319 e. The minimum atomic E-state index is -0.230. The van der Waals surface area contributed by atoms with Crippen molar-refractivity contribution in [3.63, 3.8) is 0 Å². The van der Waals surface area contributed by atoms with Gasteiger partial charge in [0.2, 0.25) is 0 Å². The second kappa shape index (κ2) is 6.71. The minimum Gasteiger partial charge on any atom is -0.401 e. The van der Waals surface area contributed by atoms with Gasteiger partial charge >= 0.3 is 6.01 Å². The number of aromatic amines is 1. The molecule has 1 aliphatic heterocycles. The average molecular weight is 425 g/mol. The summed E-state index contributed by atoms with van der Waals surface area (Å²) in [6, 6.07) is 10.2. The Morgan fingerprint density at radius 3 is 2.94 bits per heavy atom. The van der Waals surface area contributed by atoms with Crippen molar-refractivity contribution < 1.29 is 4.42 Å². The minimum absolute atomic E-state index is 0.230. The summed E-state index contributed by atoms with van der Waals surface area (Å²) in [6.45, 7) is 0.700. The molecule has 0 saturated heterocycles. The number of H-pyrrole nitrogens is 1. The first-order valence-electron chi connectivity index (χ1n) is 10.7. The summed E-state index contributed by atoms with van der Waals surface area (Å²) in [5.41, 5.74) is 6.01. The molecule has 2 aliphatic rings. The molecule has 0 amide bonds. The van der Waals surface area contributed by atoms with Gasteiger partial charge in [-0.1, -0.05) is 11.2 Å². The lowest BCUT2D eigenvalue weighted by atomic mass is 10.00. The maximum absolute atomic E-state index is 6.03. The number of nitrogens with zero attached hydrogens (tertiary/aromatic N) is 8. The normalized spacial score (nSPS) is 18.2. The molecule has 1 aliphatic carbocycles. The first-order chi connectivity index (χ1) is 15.8. The lowest BCUT2D eigenvalue weighted by Crippen LogP contribution is -2.36. The number of nitrogens with one attached hydrogen (secondary N) is 1. The van der Waals surface area contributed by atoms with Crippen LogP contribution in [-0.2, 0) is 6.42 Å². The highest BCUT2D eigenvalue weighted by atomic mass is 16.4. The Kier molecular flexibility index (Phi) is 3.69. The van der Waals surface area contributed by atoms with E-state index in [1.165, 1.54) is 18.4 Å². The highest BCUT2D eigenvalue weighted by molar-refractivity contribution is 5.60. The Morgan fingerprint density at radius 2 is 2.06 bits per heavy atom. The van der Waals surface area contributed by atoms with Gasteiger partial charge in [0.15, 0.2) is 0 Å². The van der Waals surface area contributed by atoms with Crippen LogP contribution in [0, 0.1) is 0 Å². The topological polar surface area (TPSA) is 114 Å². The zero-order valence-corrected chi connectivity index (χ0v) is 17.1. The third-order valence-corrected chi connectivity index (χ3v) is 6.23. The molecule has 0 bridgehead atoms. The molecule has 5 aromatic heterocycles. The predicted molar refractivity (Wildman–Crippen MR) is 114 cm³/mol. The van der Waals surface area contributed by atoms with Crippen molar-refractivity contribution in [1.29, 1.82) is 0 Å². The summed E-state index contributed by atoms with van der Waals surface area (Å²) in [5, 5.41) is 21.4. The summed E-state index contributed by atoms with van der Waals surface area (Å²) in [7, 11) is 0. The molecule has 5 aromatic rings. The van der Waals surface area contributed by atoms with Gasteiger partial charge in [-0.2, -0.15) is 10.2 Å². The number of imidazole rings is 1. The maximum atomic E-state index is 6.03. The fourth-order valence-electron chi connectivity index (χ4n) is 4.56. The molecule has 1 fully saturated rings. The molecule has 6 heterocycles. The van der Waals surface area contributed by atoms with Crippen LogP contribution in [0.3, 0.4) is 0 Å². The number of anilines is 1. The Balaban J connectivity index is 1.34. The van der Waals surface area contributed by atoms with Crippen LogP contribution in [0.5, 0.6) is 0 Å². The van der Waals surface area contributed by atoms with Crippen molar-refractivity contribution in [2.24, 2.45) is 0 Å². The molecular formula is C22H19N9O. The van der Waals surface area contributed by atoms with Gasteiger partial charge in [0, 0.05) is 31.1 Å². The number of fused-ring (bicyclic) bond motifs is 2. The van der Waals surface area contributed by atoms with Gasteiger partial charge in [-0.15, -0.1) is 10.2 Å². The van der Waals surface area contributed by atoms with E-state index in [9.17, 15) is 0 Å². The number of hydrogen-bond donors (Lipinski definition) is 1. The molecule has 0 radical (unpaired) electrons. The van der Waals surface area contributed by atoms with E-state index in [1.54, 1.807) is 24.7 Å². The third-order valence-electron chi connectivity index (χ3n) is 6.23. The van der Waals surface area contributed by atoms with Gasteiger partial charge in [0.25, 0.3) is 5.89 Å². The zero-order chi connectivity index (χ0) is 21.1. The lowest BCUT2D eigenvalue weighted by Gasteiger charge is -2.32. The van der Waals surface area contributed by atoms with Crippen LogP contribution < -0.4 is 4.90 Å². The molecule has 1 unspecified atom stereocenters. The quantitative estimate of drug-likeness (QED) is 0.467. The predicted octanol–water partition coefficient (Wildman–Crippen LogP) is 2.93. The lowest BCUT2D eigenvalue weighted by molar-refractivity contribution is 0.502. The molecule has 1 N–H and O–H groups in total. The van der Waals surface area contributed by atoms with Crippen molar-refractivity contribution in [2.45, 2.75) is 31.2 Å². The highest BCUT2D eigenvalue weighted by Crippen LogP contribution is 2.43. The van der Waals surface area contributed by atoms with Crippen molar-refractivity contribution in [2.75, 3.05) is 11.4 Å². The molecular weight excluding hydrogens is 406 g/mol. The van der Waals surface area contributed by atoms with Crippen LogP contribution in [0.2, 0.25) is 0 Å². The molecule has 1 saturated carbocycles. The molecule has 1 atom stereocenters. The van der Waals surface area contributed by atoms with E-state index in [4.69, 9.17) is 9.52 Å². The number of rotatable bonds is 4. The summed E-state index contributed by atoms with van der Waals surface area (Å²) in [6.07, 6.45) is 8.64. The second-order valence-electron chi connectivity index (χ2n) is 8.25. The van der Waals surface area contributed by atoms with Crippen molar-refractivity contribution >= 4 is 11.5 Å². The molecule has 0 aromatic carbocycles. The second-order valence-corrected chi connectivity index (χ2v) is 8.25. The third kappa shape index (κ3) is 2.72. The van der Waals surface area contributed by atoms with Crippen LogP contribution in [0.15, 0.2) is 53.5 Å². The van der Waals surface area contributed by atoms with E-state index in [0.717, 1.165) is 29.0 Å². The SMILES string of the molecule is c1cnnc(-c2nnc(N3CCc4[nH]cnc4C3c3cc4c(C5CC5)cccn4n3)o2)c1. The Labute approximate surface area is 182 Å². The Bertz CT molecular complexity index is 1420. The monoisotopic (exact) mass is 425 g/mol. The van der Waals surface area contributed by atoms with Crippen LogP contribution in [-0.4, -0.2) is 46.5 Å². The fraction of sp³-hybridized carbons (Fsp3) is 0.273. The molecule has 0 spiro atoms. The number of aromatic nitrogens is 8. The van der Waals surface area contributed by atoms with E-state index in [-0.39, 0.29) is 6.04 Å². The highest BCUT2D eigenvalue weighted by Gasteiger charge is 2.36. The average Bonchev–Trinajstić information content (AvgIpc) is 3.22. The summed E-state index contributed by atoms with van der Waals surface area (Å²) < 4.78 is 8.00.